The Morgan fingerprint density at radius 1 is 1.08 bits per heavy atom. The summed E-state index contributed by atoms with van der Waals surface area (Å²) in [4.78, 5) is 27.5. The summed E-state index contributed by atoms with van der Waals surface area (Å²) in [5.74, 6) is -0.691. The number of carbonyl (C=O) groups excluding carboxylic acids is 2. The molecule has 12 heteroatoms. The highest BCUT2D eigenvalue weighted by molar-refractivity contribution is 9.10. The van der Waals surface area contributed by atoms with Crippen LogP contribution < -0.4 is 9.62 Å². The van der Waals surface area contributed by atoms with Crippen molar-refractivity contribution in [1.29, 1.82) is 0 Å². The lowest BCUT2D eigenvalue weighted by molar-refractivity contribution is -0.140. The first-order valence-electron chi connectivity index (χ1n) is 12.1. The van der Waals surface area contributed by atoms with Crippen LogP contribution in [0.15, 0.2) is 53.0 Å². The normalized spacial score (nSPS) is 13.5. The van der Waals surface area contributed by atoms with Crippen LogP contribution in [0.4, 0.5) is 18.9 Å². The van der Waals surface area contributed by atoms with Gasteiger partial charge in [0.15, 0.2) is 0 Å². The molecule has 38 heavy (non-hydrogen) atoms. The number of sulfonamides is 1. The highest BCUT2D eigenvalue weighted by Gasteiger charge is 2.32. The third-order valence-electron chi connectivity index (χ3n) is 6.05. The largest absolute Gasteiger partial charge is 0.416 e. The van der Waals surface area contributed by atoms with Gasteiger partial charge in [-0.05, 0) is 62.6 Å². The number of nitrogens with zero attached hydrogens (tertiary/aromatic N) is 2. The first-order chi connectivity index (χ1) is 17.6. The summed E-state index contributed by atoms with van der Waals surface area (Å²) < 4.78 is 66.0. The SMILES string of the molecule is CCC(C)NC(=O)C(C)N(Cc1ccc(Br)cc1)C(=O)CCCN(c1cccc(C(F)(F)F)c1)S(C)(=O)=O. The van der Waals surface area contributed by atoms with E-state index in [0.717, 1.165) is 45.2 Å². The quantitative estimate of drug-likeness (QED) is 0.347. The summed E-state index contributed by atoms with van der Waals surface area (Å²) in [5, 5.41) is 2.87. The zero-order valence-corrected chi connectivity index (χ0v) is 24.2. The zero-order chi connectivity index (χ0) is 28.7. The number of halogens is 4. The lowest BCUT2D eigenvalue weighted by Gasteiger charge is -2.30. The summed E-state index contributed by atoms with van der Waals surface area (Å²) in [5.41, 5.74) is -0.309. The summed E-state index contributed by atoms with van der Waals surface area (Å²) >= 11 is 3.37. The van der Waals surface area contributed by atoms with E-state index >= 15 is 0 Å². The van der Waals surface area contributed by atoms with Crippen LogP contribution in [0.3, 0.4) is 0 Å². The van der Waals surface area contributed by atoms with E-state index in [1.807, 2.05) is 38.1 Å². The molecule has 0 aromatic heterocycles. The molecule has 0 bridgehead atoms. The van der Waals surface area contributed by atoms with Gasteiger partial charge in [0.1, 0.15) is 6.04 Å². The number of benzene rings is 2. The van der Waals surface area contributed by atoms with Gasteiger partial charge in [-0.15, -0.1) is 0 Å². The number of hydrogen-bond acceptors (Lipinski definition) is 4. The Labute approximate surface area is 230 Å². The van der Waals surface area contributed by atoms with E-state index in [-0.39, 0.29) is 49.5 Å². The minimum Gasteiger partial charge on any atom is -0.352 e. The molecule has 0 radical (unpaired) electrons. The van der Waals surface area contributed by atoms with Gasteiger partial charge in [-0.25, -0.2) is 8.42 Å². The second-order valence-corrected chi connectivity index (χ2v) is 12.0. The molecule has 210 valence electrons. The highest BCUT2D eigenvalue weighted by atomic mass is 79.9. The van der Waals surface area contributed by atoms with Crippen molar-refractivity contribution >= 4 is 43.5 Å². The standard InChI is InChI=1S/C26H33BrF3N3O4S/c1-5-18(2)31-25(35)19(3)32(17-20-11-13-22(27)14-12-20)24(34)10-7-15-33(38(4,36)37)23-9-6-8-21(16-23)26(28,29)30/h6,8-9,11-14,16,18-19H,5,7,10,15,17H2,1-4H3,(H,31,35). The summed E-state index contributed by atoms with van der Waals surface area (Å²) in [7, 11) is -3.92. The number of alkyl halides is 3. The number of amides is 2. The molecule has 0 aliphatic rings. The molecule has 2 rings (SSSR count). The Morgan fingerprint density at radius 3 is 2.26 bits per heavy atom. The third-order valence-corrected chi connectivity index (χ3v) is 7.77. The minimum atomic E-state index is -4.63. The smallest absolute Gasteiger partial charge is 0.352 e. The molecule has 2 amide bonds. The molecule has 7 nitrogen and oxygen atoms in total. The minimum absolute atomic E-state index is 0.0404. The Morgan fingerprint density at radius 2 is 1.71 bits per heavy atom. The average molecular weight is 621 g/mol. The van der Waals surface area contributed by atoms with Crippen LogP contribution in [0, 0.1) is 0 Å². The van der Waals surface area contributed by atoms with E-state index in [1.165, 1.54) is 11.0 Å². The fourth-order valence-corrected chi connectivity index (χ4v) is 4.90. The topological polar surface area (TPSA) is 86.8 Å². The van der Waals surface area contributed by atoms with Crippen molar-refractivity contribution < 1.29 is 31.2 Å². The maximum absolute atomic E-state index is 13.3. The van der Waals surface area contributed by atoms with E-state index < -0.39 is 27.8 Å². The lowest BCUT2D eigenvalue weighted by atomic mass is 10.1. The fraction of sp³-hybridized carbons (Fsp3) is 0.462. The predicted octanol–water partition coefficient (Wildman–Crippen LogP) is 5.35. The number of rotatable bonds is 12. The van der Waals surface area contributed by atoms with Crippen LogP contribution in [0.1, 0.15) is 51.2 Å². The molecule has 1 N–H and O–H groups in total. The zero-order valence-electron chi connectivity index (χ0n) is 21.8. The first-order valence-corrected chi connectivity index (χ1v) is 14.8. The molecule has 0 aliphatic carbocycles. The van der Waals surface area contributed by atoms with Gasteiger partial charge in [0.25, 0.3) is 0 Å². The Kier molecular flexibility index (Phi) is 11.2. The molecule has 2 aromatic carbocycles. The van der Waals surface area contributed by atoms with E-state index in [4.69, 9.17) is 0 Å². The Bertz CT molecular complexity index is 1210. The molecule has 0 heterocycles. The van der Waals surface area contributed by atoms with Gasteiger partial charge in [0, 0.05) is 30.0 Å². The van der Waals surface area contributed by atoms with Crippen LogP contribution in [-0.2, 0) is 32.3 Å². The van der Waals surface area contributed by atoms with Gasteiger partial charge >= 0.3 is 6.18 Å². The second-order valence-electron chi connectivity index (χ2n) is 9.13. The predicted molar refractivity (Wildman–Crippen MR) is 145 cm³/mol. The molecular weight excluding hydrogens is 587 g/mol. The van der Waals surface area contributed by atoms with Gasteiger partial charge in [0.05, 0.1) is 17.5 Å². The maximum atomic E-state index is 13.3. The monoisotopic (exact) mass is 619 g/mol. The second kappa shape index (κ2) is 13.5. The first kappa shape index (κ1) is 31.6. The average Bonchev–Trinajstić information content (AvgIpc) is 2.84. The molecule has 2 aromatic rings. The van der Waals surface area contributed by atoms with Crippen LogP contribution in [0.2, 0.25) is 0 Å². The molecule has 0 aliphatic heterocycles. The van der Waals surface area contributed by atoms with Crippen molar-refractivity contribution in [3.05, 3.63) is 64.1 Å². The van der Waals surface area contributed by atoms with Gasteiger partial charge in [-0.1, -0.05) is 41.1 Å². The number of carbonyl (C=O) groups is 2. The lowest BCUT2D eigenvalue weighted by Crippen LogP contribution is -2.49. The fourth-order valence-electron chi connectivity index (χ4n) is 3.68. The van der Waals surface area contributed by atoms with Crippen molar-refractivity contribution in [1.82, 2.24) is 10.2 Å². The summed E-state index contributed by atoms with van der Waals surface area (Å²) in [6, 6.07) is 10.5. The van der Waals surface area contributed by atoms with Crippen LogP contribution in [-0.4, -0.2) is 50.0 Å². The van der Waals surface area contributed by atoms with Gasteiger partial charge < -0.3 is 10.2 Å². The molecule has 0 saturated carbocycles. The van der Waals surface area contributed by atoms with E-state index in [2.05, 4.69) is 21.2 Å². The van der Waals surface area contributed by atoms with E-state index in [0.29, 0.717) is 0 Å². The van der Waals surface area contributed by atoms with Crippen molar-refractivity contribution in [2.24, 2.45) is 0 Å². The third kappa shape index (κ3) is 9.30. The molecule has 2 unspecified atom stereocenters. The summed E-state index contributed by atoms with van der Waals surface area (Å²) in [6.07, 6.45) is -3.08. The Balaban J connectivity index is 2.21. The Hall–Kier alpha value is -2.60. The van der Waals surface area contributed by atoms with Gasteiger partial charge in [-0.3, -0.25) is 13.9 Å². The van der Waals surface area contributed by atoms with Crippen molar-refractivity contribution in [2.45, 2.75) is 64.8 Å². The molecule has 0 spiro atoms. The van der Waals surface area contributed by atoms with Crippen LogP contribution in [0.5, 0.6) is 0 Å². The molecular formula is C26H33BrF3N3O4S. The number of hydrogen-bond donors (Lipinski definition) is 1. The van der Waals surface area contributed by atoms with Crippen molar-refractivity contribution in [3.8, 4) is 0 Å². The highest BCUT2D eigenvalue weighted by Crippen LogP contribution is 2.32. The molecule has 0 saturated heterocycles. The van der Waals surface area contributed by atoms with Crippen molar-refractivity contribution in [2.75, 3.05) is 17.1 Å². The van der Waals surface area contributed by atoms with Gasteiger partial charge in [-0.2, -0.15) is 13.2 Å². The maximum Gasteiger partial charge on any atom is 0.416 e. The van der Waals surface area contributed by atoms with Gasteiger partial charge in [0.2, 0.25) is 21.8 Å². The van der Waals surface area contributed by atoms with E-state index in [9.17, 15) is 31.2 Å². The van der Waals surface area contributed by atoms with E-state index in [1.54, 1.807) is 6.92 Å². The molecule has 0 fully saturated rings. The van der Waals surface area contributed by atoms with Crippen molar-refractivity contribution in [3.63, 3.8) is 0 Å². The van der Waals surface area contributed by atoms with Crippen LogP contribution in [0.25, 0.3) is 0 Å². The number of nitrogens with one attached hydrogen (secondary N) is 1. The summed E-state index contributed by atoms with van der Waals surface area (Å²) in [6.45, 7) is 5.37. The number of anilines is 1. The molecule has 2 atom stereocenters. The van der Waals surface area contributed by atoms with Crippen LogP contribution >= 0.6 is 15.9 Å².